The normalized spacial score (nSPS) is 16.8. The molecule has 1 aliphatic rings. The van der Waals surface area contributed by atoms with Gasteiger partial charge in [0.1, 0.15) is 5.75 Å². The largest absolute Gasteiger partial charge is 0.482 e. The lowest BCUT2D eigenvalue weighted by molar-refractivity contribution is -0.149. The quantitative estimate of drug-likeness (QED) is 0.629. The number of hydrogen-bond donors (Lipinski definition) is 0. The zero-order chi connectivity index (χ0) is 21.7. The predicted molar refractivity (Wildman–Crippen MR) is 113 cm³/mol. The summed E-state index contributed by atoms with van der Waals surface area (Å²) in [5.74, 6) is -0.877. The Bertz CT molecular complexity index is 1040. The number of rotatable bonds is 7. The van der Waals surface area contributed by atoms with Crippen LogP contribution in [0.2, 0.25) is 0 Å². The topological polar surface area (TPSA) is 90.0 Å². The van der Waals surface area contributed by atoms with Gasteiger partial charge in [0.25, 0.3) is 5.91 Å². The molecule has 7 nitrogen and oxygen atoms in total. The molecule has 1 heterocycles. The van der Waals surface area contributed by atoms with Gasteiger partial charge in [0.05, 0.1) is 11.8 Å². The van der Waals surface area contributed by atoms with Gasteiger partial charge in [-0.3, -0.25) is 4.79 Å². The number of nitrogens with zero attached hydrogens (tertiary/aromatic N) is 1. The highest BCUT2D eigenvalue weighted by Crippen LogP contribution is 2.23. The summed E-state index contributed by atoms with van der Waals surface area (Å²) < 4.78 is 34.1. The first-order chi connectivity index (χ1) is 14.2. The summed E-state index contributed by atoms with van der Waals surface area (Å²) in [6, 6.07) is 13.6. The average Bonchev–Trinajstić information content (AvgIpc) is 3.04. The van der Waals surface area contributed by atoms with Crippen molar-refractivity contribution in [2.45, 2.75) is 19.9 Å². The fourth-order valence-electron chi connectivity index (χ4n) is 3.24. The standard InChI is InChI=1S/C22H23NO6S/c1-16-10-17(2)12-20(11-16)28-14-22(25)29-13-21(24)23(18-6-4-3-5-7-18)19-8-9-30(26,27)15-19/h3-12,19H,13-15H2,1-2H3. The number of benzene rings is 2. The van der Waals surface area contributed by atoms with Crippen molar-refractivity contribution in [3.63, 3.8) is 0 Å². The summed E-state index contributed by atoms with van der Waals surface area (Å²) in [7, 11) is -3.36. The molecule has 1 unspecified atom stereocenters. The summed E-state index contributed by atoms with van der Waals surface area (Å²) in [6.45, 7) is 2.99. The number of carbonyl (C=O) groups excluding carboxylic acids is 2. The van der Waals surface area contributed by atoms with Crippen molar-refractivity contribution in [1.82, 2.24) is 0 Å². The van der Waals surface area contributed by atoms with Crippen LogP contribution in [-0.2, 0) is 24.2 Å². The number of sulfone groups is 1. The summed E-state index contributed by atoms with van der Waals surface area (Å²) in [4.78, 5) is 26.2. The second-order valence-corrected chi connectivity index (χ2v) is 9.03. The maximum atomic E-state index is 12.8. The van der Waals surface area contributed by atoms with Crippen molar-refractivity contribution in [2.24, 2.45) is 0 Å². The van der Waals surface area contributed by atoms with Crippen molar-refractivity contribution < 1.29 is 27.5 Å². The Balaban J connectivity index is 1.61. The first-order valence-electron chi connectivity index (χ1n) is 9.38. The van der Waals surface area contributed by atoms with Gasteiger partial charge in [-0.1, -0.05) is 24.3 Å². The van der Waals surface area contributed by atoms with Crippen LogP contribution in [0.4, 0.5) is 5.69 Å². The number of hydrogen-bond acceptors (Lipinski definition) is 6. The van der Waals surface area contributed by atoms with E-state index in [9.17, 15) is 18.0 Å². The van der Waals surface area contributed by atoms with Crippen molar-refractivity contribution in [3.05, 3.63) is 71.1 Å². The van der Waals surface area contributed by atoms with E-state index in [1.807, 2.05) is 19.9 Å². The van der Waals surface area contributed by atoms with Gasteiger partial charge in [0.2, 0.25) is 0 Å². The summed E-state index contributed by atoms with van der Waals surface area (Å²) in [5, 5.41) is 1.10. The smallest absolute Gasteiger partial charge is 0.344 e. The van der Waals surface area contributed by atoms with E-state index in [0.717, 1.165) is 16.5 Å². The zero-order valence-corrected chi connectivity index (χ0v) is 17.6. The van der Waals surface area contributed by atoms with Gasteiger partial charge in [-0.15, -0.1) is 0 Å². The van der Waals surface area contributed by atoms with Crippen LogP contribution in [0.5, 0.6) is 5.75 Å². The molecule has 0 saturated heterocycles. The first-order valence-corrected chi connectivity index (χ1v) is 11.1. The van der Waals surface area contributed by atoms with Crippen LogP contribution < -0.4 is 9.64 Å². The Morgan fingerprint density at radius 1 is 1.03 bits per heavy atom. The maximum absolute atomic E-state index is 12.8. The Morgan fingerprint density at radius 3 is 2.30 bits per heavy atom. The van der Waals surface area contributed by atoms with E-state index in [1.165, 1.54) is 11.0 Å². The van der Waals surface area contributed by atoms with Crippen LogP contribution in [0, 0.1) is 13.8 Å². The first kappa shape index (κ1) is 21.6. The second-order valence-electron chi connectivity index (χ2n) is 7.10. The van der Waals surface area contributed by atoms with Gasteiger partial charge >= 0.3 is 5.97 Å². The molecule has 0 saturated carbocycles. The van der Waals surface area contributed by atoms with Gasteiger partial charge in [-0.2, -0.15) is 0 Å². The van der Waals surface area contributed by atoms with Crippen molar-refractivity contribution in [2.75, 3.05) is 23.9 Å². The molecule has 0 N–H and O–H groups in total. The molecule has 0 spiro atoms. The van der Waals surface area contributed by atoms with Gasteiger partial charge in [0, 0.05) is 11.1 Å². The molecule has 0 bridgehead atoms. The number of esters is 1. The minimum absolute atomic E-state index is 0.211. The third-order valence-corrected chi connectivity index (χ3v) is 5.83. The molecule has 2 aromatic rings. The number of carbonyl (C=O) groups is 2. The molecule has 0 aliphatic carbocycles. The van der Waals surface area contributed by atoms with Crippen molar-refractivity contribution >= 4 is 27.4 Å². The van der Waals surface area contributed by atoms with Crippen molar-refractivity contribution in [1.29, 1.82) is 0 Å². The number of anilines is 1. The highest BCUT2D eigenvalue weighted by atomic mass is 32.2. The van der Waals surface area contributed by atoms with Crippen LogP contribution in [0.1, 0.15) is 11.1 Å². The molecular formula is C22H23NO6S. The van der Waals surface area contributed by atoms with Crippen LogP contribution in [-0.4, -0.2) is 45.3 Å². The van der Waals surface area contributed by atoms with Crippen LogP contribution in [0.3, 0.4) is 0 Å². The lowest BCUT2D eigenvalue weighted by Gasteiger charge is -2.27. The van der Waals surface area contributed by atoms with Gasteiger partial charge < -0.3 is 14.4 Å². The predicted octanol–water partition coefficient (Wildman–Crippen LogP) is 2.57. The summed E-state index contributed by atoms with van der Waals surface area (Å²) in [6.07, 6.45) is 1.46. The molecule has 158 valence electrons. The molecule has 1 atom stereocenters. The lowest BCUT2D eigenvalue weighted by Crippen LogP contribution is -2.43. The zero-order valence-electron chi connectivity index (χ0n) is 16.8. The van der Waals surface area contributed by atoms with E-state index in [4.69, 9.17) is 9.47 Å². The van der Waals surface area contributed by atoms with Gasteiger partial charge in [-0.25, -0.2) is 13.2 Å². The Hall–Kier alpha value is -3.13. The fourth-order valence-corrected chi connectivity index (χ4v) is 4.51. The van der Waals surface area contributed by atoms with E-state index < -0.39 is 34.4 Å². The van der Waals surface area contributed by atoms with Gasteiger partial charge in [0.15, 0.2) is 23.1 Å². The maximum Gasteiger partial charge on any atom is 0.344 e. The Labute approximate surface area is 175 Å². The third kappa shape index (κ3) is 5.70. The van der Waals surface area contributed by atoms with Crippen LogP contribution >= 0.6 is 0 Å². The molecule has 0 radical (unpaired) electrons. The van der Waals surface area contributed by atoms with E-state index in [0.29, 0.717) is 11.4 Å². The van der Waals surface area contributed by atoms with Crippen LogP contribution in [0.15, 0.2) is 60.0 Å². The van der Waals surface area contributed by atoms with E-state index in [-0.39, 0.29) is 12.4 Å². The van der Waals surface area contributed by atoms with E-state index in [1.54, 1.807) is 42.5 Å². The minimum Gasteiger partial charge on any atom is -0.482 e. The minimum atomic E-state index is -3.36. The summed E-state index contributed by atoms with van der Waals surface area (Å²) >= 11 is 0. The number of para-hydroxylation sites is 1. The Kier molecular flexibility index (Phi) is 6.56. The molecule has 3 rings (SSSR count). The molecule has 1 amide bonds. The van der Waals surface area contributed by atoms with Gasteiger partial charge in [-0.05, 0) is 55.3 Å². The molecular weight excluding hydrogens is 406 g/mol. The Morgan fingerprint density at radius 2 is 1.70 bits per heavy atom. The average molecular weight is 429 g/mol. The lowest BCUT2D eigenvalue weighted by atomic mass is 10.1. The SMILES string of the molecule is Cc1cc(C)cc(OCC(=O)OCC(=O)N(c2ccccc2)C2C=CS(=O)(=O)C2)c1. The number of amides is 1. The molecule has 2 aromatic carbocycles. The van der Waals surface area contributed by atoms with E-state index >= 15 is 0 Å². The number of aryl methyl sites for hydroxylation is 2. The monoisotopic (exact) mass is 429 g/mol. The summed E-state index contributed by atoms with van der Waals surface area (Å²) in [5.41, 5.74) is 2.54. The molecule has 0 aromatic heterocycles. The van der Waals surface area contributed by atoms with Crippen LogP contribution in [0.25, 0.3) is 0 Å². The molecule has 30 heavy (non-hydrogen) atoms. The highest BCUT2D eigenvalue weighted by Gasteiger charge is 2.31. The third-order valence-electron chi connectivity index (χ3n) is 4.45. The van der Waals surface area contributed by atoms with Crippen molar-refractivity contribution in [3.8, 4) is 5.75 Å². The fraction of sp³-hybridized carbons (Fsp3) is 0.273. The second kappa shape index (κ2) is 9.13. The van der Waals surface area contributed by atoms with E-state index in [2.05, 4.69) is 0 Å². The molecule has 8 heteroatoms. The number of ether oxygens (including phenoxy) is 2. The molecule has 0 fully saturated rings. The highest BCUT2D eigenvalue weighted by molar-refractivity contribution is 7.94. The molecule has 1 aliphatic heterocycles.